The van der Waals surface area contributed by atoms with Crippen molar-refractivity contribution in [1.29, 1.82) is 0 Å². The zero-order valence-corrected chi connectivity index (χ0v) is 12.1. The molecule has 1 saturated carbocycles. The molecule has 0 aromatic rings. The molecule has 2 heterocycles. The van der Waals surface area contributed by atoms with Crippen molar-refractivity contribution in [3.05, 3.63) is 0 Å². The van der Waals surface area contributed by atoms with Crippen LogP contribution in [0.25, 0.3) is 0 Å². The first kappa shape index (κ1) is 12.9. The van der Waals surface area contributed by atoms with Crippen LogP contribution in [0.15, 0.2) is 0 Å². The quantitative estimate of drug-likeness (QED) is 0.808. The molecule has 2 saturated heterocycles. The lowest BCUT2D eigenvalue weighted by Gasteiger charge is -2.58. The largest absolute Gasteiger partial charge is 0.329 e. The van der Waals surface area contributed by atoms with E-state index in [0.29, 0.717) is 5.54 Å². The van der Waals surface area contributed by atoms with Gasteiger partial charge in [-0.3, -0.25) is 4.90 Å². The molecule has 0 spiro atoms. The van der Waals surface area contributed by atoms with Gasteiger partial charge in [-0.05, 0) is 57.5 Å². The van der Waals surface area contributed by atoms with Crippen molar-refractivity contribution < 1.29 is 0 Å². The molecule has 0 aromatic carbocycles. The normalized spacial score (nSPS) is 46.5. The molecule has 2 N–H and O–H groups in total. The second-order valence-electron chi connectivity index (χ2n) is 7.13. The molecule has 3 rings (SSSR count). The first-order chi connectivity index (χ1) is 8.64. The summed E-state index contributed by atoms with van der Waals surface area (Å²) in [5.74, 6) is 1.79. The number of nitrogens with zero attached hydrogens (tertiary/aromatic N) is 2. The Morgan fingerprint density at radius 1 is 1.22 bits per heavy atom. The van der Waals surface area contributed by atoms with Crippen LogP contribution < -0.4 is 5.73 Å². The summed E-state index contributed by atoms with van der Waals surface area (Å²) in [6, 6.07) is 0.849. The second-order valence-corrected chi connectivity index (χ2v) is 7.13. The maximum absolute atomic E-state index is 6.11. The van der Waals surface area contributed by atoms with Crippen molar-refractivity contribution in [3.8, 4) is 0 Å². The third kappa shape index (κ3) is 2.00. The number of piperidine rings is 2. The predicted molar refractivity (Wildman–Crippen MR) is 75.5 cm³/mol. The molecule has 2 unspecified atom stereocenters. The molecule has 3 fully saturated rings. The monoisotopic (exact) mass is 251 g/mol. The molecule has 2 aliphatic heterocycles. The van der Waals surface area contributed by atoms with Gasteiger partial charge in [0.05, 0.1) is 0 Å². The van der Waals surface area contributed by atoms with Gasteiger partial charge in [0.2, 0.25) is 0 Å². The standard InChI is InChI=1S/C15H29N3/c1-12-8-15(9-12,11-16)18-7-5-14-13(10-18)4-3-6-17(14)2/h12-14H,3-11,16H2,1-2H3. The van der Waals surface area contributed by atoms with E-state index in [9.17, 15) is 0 Å². The Bertz CT molecular complexity index is 298. The number of likely N-dealkylation sites (tertiary alicyclic amines) is 2. The zero-order valence-electron chi connectivity index (χ0n) is 12.1. The molecule has 0 bridgehead atoms. The number of rotatable bonds is 2. The third-order valence-corrected chi connectivity index (χ3v) is 5.85. The zero-order chi connectivity index (χ0) is 12.8. The minimum Gasteiger partial charge on any atom is -0.329 e. The summed E-state index contributed by atoms with van der Waals surface area (Å²) in [5, 5.41) is 0. The smallest absolute Gasteiger partial charge is 0.0336 e. The first-order valence-electron chi connectivity index (χ1n) is 7.80. The lowest BCUT2D eigenvalue weighted by molar-refractivity contribution is -0.0654. The minimum absolute atomic E-state index is 0.375. The molecule has 3 aliphatic rings. The Morgan fingerprint density at radius 2 is 2.00 bits per heavy atom. The SMILES string of the molecule is CC1CC(CN)(N2CCC3C(CCCN3C)C2)C1. The van der Waals surface area contributed by atoms with Crippen molar-refractivity contribution in [1.82, 2.24) is 9.80 Å². The van der Waals surface area contributed by atoms with Gasteiger partial charge in [0.25, 0.3) is 0 Å². The fourth-order valence-electron chi connectivity index (χ4n) is 4.87. The summed E-state index contributed by atoms with van der Waals surface area (Å²) in [5.41, 5.74) is 6.48. The second kappa shape index (κ2) is 4.77. The van der Waals surface area contributed by atoms with Crippen LogP contribution in [0.3, 0.4) is 0 Å². The highest BCUT2D eigenvalue weighted by Gasteiger charge is 2.48. The van der Waals surface area contributed by atoms with Crippen LogP contribution in [0.2, 0.25) is 0 Å². The molecule has 0 amide bonds. The van der Waals surface area contributed by atoms with Gasteiger partial charge in [0.15, 0.2) is 0 Å². The molecular weight excluding hydrogens is 222 g/mol. The van der Waals surface area contributed by atoms with Crippen molar-refractivity contribution in [2.75, 3.05) is 33.2 Å². The van der Waals surface area contributed by atoms with Crippen molar-refractivity contribution in [3.63, 3.8) is 0 Å². The molecule has 1 aliphatic carbocycles. The Kier molecular flexibility index (Phi) is 3.41. The highest BCUT2D eigenvalue weighted by atomic mass is 15.3. The summed E-state index contributed by atoms with van der Waals surface area (Å²) in [7, 11) is 2.32. The first-order valence-corrected chi connectivity index (χ1v) is 7.80. The summed E-state index contributed by atoms with van der Waals surface area (Å²) < 4.78 is 0. The lowest BCUT2D eigenvalue weighted by atomic mass is 9.66. The van der Waals surface area contributed by atoms with Crippen LogP contribution in [-0.4, -0.2) is 54.6 Å². The molecule has 104 valence electrons. The van der Waals surface area contributed by atoms with Gasteiger partial charge in [-0.1, -0.05) is 6.92 Å². The van der Waals surface area contributed by atoms with Crippen molar-refractivity contribution in [2.24, 2.45) is 17.6 Å². The van der Waals surface area contributed by atoms with Gasteiger partial charge in [0, 0.05) is 31.2 Å². The maximum Gasteiger partial charge on any atom is 0.0336 e. The van der Waals surface area contributed by atoms with Crippen LogP contribution in [0.4, 0.5) is 0 Å². The van der Waals surface area contributed by atoms with Crippen LogP contribution >= 0.6 is 0 Å². The van der Waals surface area contributed by atoms with Gasteiger partial charge in [-0.2, -0.15) is 0 Å². The van der Waals surface area contributed by atoms with Gasteiger partial charge < -0.3 is 10.6 Å². The van der Waals surface area contributed by atoms with E-state index in [1.54, 1.807) is 0 Å². The van der Waals surface area contributed by atoms with Crippen LogP contribution in [0.1, 0.15) is 39.0 Å². The molecule has 2 atom stereocenters. The van der Waals surface area contributed by atoms with Gasteiger partial charge in [-0.15, -0.1) is 0 Å². The van der Waals surface area contributed by atoms with Gasteiger partial charge in [0.1, 0.15) is 0 Å². The van der Waals surface area contributed by atoms with Gasteiger partial charge >= 0.3 is 0 Å². The molecule has 18 heavy (non-hydrogen) atoms. The summed E-state index contributed by atoms with van der Waals surface area (Å²) in [6.07, 6.45) is 6.84. The average molecular weight is 251 g/mol. The Balaban J connectivity index is 1.66. The van der Waals surface area contributed by atoms with Crippen molar-refractivity contribution >= 4 is 0 Å². The Labute approximate surface area is 112 Å². The van der Waals surface area contributed by atoms with Crippen molar-refractivity contribution in [2.45, 2.75) is 50.6 Å². The molecular formula is C15H29N3. The van der Waals surface area contributed by atoms with E-state index in [0.717, 1.165) is 24.4 Å². The highest BCUT2D eigenvalue weighted by molar-refractivity contribution is 5.05. The molecule has 0 radical (unpaired) electrons. The lowest BCUT2D eigenvalue weighted by Crippen LogP contribution is -2.66. The number of nitrogens with two attached hydrogens (primary N) is 1. The average Bonchev–Trinajstić information content (AvgIpc) is 2.34. The topological polar surface area (TPSA) is 32.5 Å². The van der Waals surface area contributed by atoms with Gasteiger partial charge in [-0.25, -0.2) is 0 Å². The van der Waals surface area contributed by atoms with E-state index in [1.807, 2.05) is 0 Å². The summed E-state index contributed by atoms with van der Waals surface area (Å²) in [4.78, 5) is 5.36. The van der Waals surface area contributed by atoms with E-state index < -0.39 is 0 Å². The summed E-state index contributed by atoms with van der Waals surface area (Å²) in [6.45, 7) is 7.12. The van der Waals surface area contributed by atoms with E-state index in [1.165, 1.54) is 51.7 Å². The van der Waals surface area contributed by atoms with E-state index in [4.69, 9.17) is 5.73 Å². The van der Waals surface area contributed by atoms with Crippen LogP contribution in [0.5, 0.6) is 0 Å². The predicted octanol–water partition coefficient (Wildman–Crippen LogP) is 1.53. The fraction of sp³-hybridized carbons (Fsp3) is 1.00. The minimum atomic E-state index is 0.375. The number of hydrogen-bond acceptors (Lipinski definition) is 3. The maximum atomic E-state index is 6.11. The Morgan fingerprint density at radius 3 is 2.67 bits per heavy atom. The summed E-state index contributed by atoms with van der Waals surface area (Å²) >= 11 is 0. The third-order valence-electron chi connectivity index (χ3n) is 5.85. The van der Waals surface area contributed by atoms with E-state index >= 15 is 0 Å². The van der Waals surface area contributed by atoms with E-state index in [-0.39, 0.29) is 0 Å². The van der Waals surface area contributed by atoms with E-state index in [2.05, 4.69) is 23.8 Å². The fourth-order valence-corrected chi connectivity index (χ4v) is 4.87. The Hall–Kier alpha value is -0.120. The number of hydrogen-bond donors (Lipinski definition) is 1. The molecule has 3 nitrogen and oxygen atoms in total. The van der Waals surface area contributed by atoms with Crippen LogP contribution in [0, 0.1) is 11.8 Å². The number of fused-ring (bicyclic) bond motifs is 1. The molecule has 3 heteroatoms. The van der Waals surface area contributed by atoms with Crippen LogP contribution in [-0.2, 0) is 0 Å². The highest BCUT2D eigenvalue weighted by Crippen LogP contribution is 2.44. The molecule has 0 aromatic heterocycles.